The van der Waals surface area contributed by atoms with Crippen LogP contribution in [0.3, 0.4) is 0 Å². The van der Waals surface area contributed by atoms with Crippen LogP contribution in [0, 0.1) is 0 Å². The molecule has 5 heteroatoms. The summed E-state index contributed by atoms with van der Waals surface area (Å²) in [7, 11) is 0. The topological polar surface area (TPSA) is 82.5 Å². The van der Waals surface area contributed by atoms with Gasteiger partial charge in [-0.2, -0.15) is 0 Å². The standard InChI is InChI=1S/C14H14N2O3/c17-9-13(10-4-2-1-3-5-10)16-12-6-7-15-8-11(12)14(18)19/h1-8,13,17H,9H2,(H,15,16)(H,18,19). The van der Waals surface area contributed by atoms with Gasteiger partial charge in [-0.25, -0.2) is 4.79 Å². The first-order valence-corrected chi connectivity index (χ1v) is 5.82. The molecule has 0 saturated heterocycles. The number of benzene rings is 1. The molecule has 0 bridgehead atoms. The third kappa shape index (κ3) is 3.08. The molecule has 19 heavy (non-hydrogen) atoms. The van der Waals surface area contributed by atoms with Crippen LogP contribution in [0.4, 0.5) is 5.69 Å². The highest BCUT2D eigenvalue weighted by molar-refractivity contribution is 5.93. The zero-order chi connectivity index (χ0) is 13.7. The maximum atomic E-state index is 11.1. The molecule has 0 aliphatic heterocycles. The Bertz CT molecular complexity index is 558. The Hall–Kier alpha value is -2.40. The minimum Gasteiger partial charge on any atom is -0.478 e. The van der Waals surface area contributed by atoms with Crippen LogP contribution in [-0.2, 0) is 0 Å². The van der Waals surface area contributed by atoms with Crippen molar-refractivity contribution in [3.63, 3.8) is 0 Å². The lowest BCUT2D eigenvalue weighted by Crippen LogP contribution is -2.17. The van der Waals surface area contributed by atoms with Crippen molar-refractivity contribution in [1.82, 2.24) is 4.98 Å². The minimum atomic E-state index is -1.06. The van der Waals surface area contributed by atoms with Gasteiger partial charge in [-0.05, 0) is 11.6 Å². The van der Waals surface area contributed by atoms with Crippen LogP contribution in [0.25, 0.3) is 0 Å². The van der Waals surface area contributed by atoms with Gasteiger partial charge >= 0.3 is 5.97 Å². The van der Waals surface area contributed by atoms with E-state index < -0.39 is 5.97 Å². The second-order valence-electron chi connectivity index (χ2n) is 4.02. The highest BCUT2D eigenvalue weighted by Gasteiger charge is 2.15. The van der Waals surface area contributed by atoms with Crippen LogP contribution >= 0.6 is 0 Å². The Balaban J connectivity index is 2.27. The fourth-order valence-corrected chi connectivity index (χ4v) is 1.80. The number of aromatic nitrogens is 1. The summed E-state index contributed by atoms with van der Waals surface area (Å²) in [6.45, 7) is -0.134. The van der Waals surface area contributed by atoms with Crippen molar-refractivity contribution in [3.8, 4) is 0 Å². The third-order valence-electron chi connectivity index (χ3n) is 2.77. The normalized spacial score (nSPS) is 11.8. The van der Waals surface area contributed by atoms with Crippen LogP contribution in [0.1, 0.15) is 22.0 Å². The Kier molecular flexibility index (Phi) is 4.10. The molecule has 1 aromatic carbocycles. The first-order chi connectivity index (χ1) is 9.22. The molecule has 2 rings (SSSR count). The molecule has 0 aliphatic rings. The molecule has 5 nitrogen and oxygen atoms in total. The van der Waals surface area contributed by atoms with Crippen LogP contribution in [0.15, 0.2) is 48.8 Å². The molecule has 0 aliphatic carbocycles. The lowest BCUT2D eigenvalue weighted by molar-refractivity contribution is 0.0697. The largest absolute Gasteiger partial charge is 0.478 e. The predicted molar refractivity (Wildman–Crippen MR) is 71.1 cm³/mol. The van der Waals surface area contributed by atoms with Crippen LogP contribution in [0.5, 0.6) is 0 Å². The Morgan fingerprint density at radius 3 is 2.63 bits per heavy atom. The van der Waals surface area contributed by atoms with E-state index in [1.165, 1.54) is 12.4 Å². The van der Waals surface area contributed by atoms with E-state index in [0.717, 1.165) is 5.56 Å². The summed E-state index contributed by atoms with van der Waals surface area (Å²) in [4.78, 5) is 14.9. The lowest BCUT2D eigenvalue weighted by Gasteiger charge is -2.19. The molecule has 1 unspecified atom stereocenters. The highest BCUT2D eigenvalue weighted by Crippen LogP contribution is 2.21. The zero-order valence-corrected chi connectivity index (χ0v) is 10.2. The summed E-state index contributed by atoms with van der Waals surface area (Å²) in [6.07, 6.45) is 2.79. The van der Waals surface area contributed by atoms with E-state index >= 15 is 0 Å². The average molecular weight is 258 g/mol. The minimum absolute atomic E-state index is 0.0804. The summed E-state index contributed by atoms with van der Waals surface area (Å²) in [5.41, 5.74) is 1.40. The zero-order valence-electron chi connectivity index (χ0n) is 10.2. The molecular formula is C14H14N2O3. The van der Waals surface area contributed by atoms with Gasteiger partial charge < -0.3 is 15.5 Å². The second-order valence-corrected chi connectivity index (χ2v) is 4.02. The molecule has 98 valence electrons. The molecule has 0 saturated carbocycles. The number of hydrogen-bond donors (Lipinski definition) is 3. The summed E-state index contributed by atoms with van der Waals surface area (Å²) < 4.78 is 0. The predicted octanol–water partition coefficient (Wildman–Crippen LogP) is 1.93. The number of rotatable bonds is 5. The molecule has 1 aromatic heterocycles. The van der Waals surface area contributed by atoms with Crippen molar-refractivity contribution < 1.29 is 15.0 Å². The van der Waals surface area contributed by atoms with E-state index in [1.54, 1.807) is 6.07 Å². The van der Waals surface area contributed by atoms with Gasteiger partial charge in [-0.15, -0.1) is 0 Å². The number of carbonyl (C=O) groups is 1. The van der Waals surface area contributed by atoms with E-state index in [4.69, 9.17) is 5.11 Å². The number of carboxylic acid groups (broad SMARTS) is 1. The van der Waals surface area contributed by atoms with Gasteiger partial charge in [0.05, 0.1) is 18.3 Å². The SMILES string of the molecule is O=C(O)c1cnccc1NC(CO)c1ccccc1. The lowest BCUT2D eigenvalue weighted by atomic mass is 10.1. The maximum absolute atomic E-state index is 11.1. The van der Waals surface area contributed by atoms with Crippen LogP contribution in [0.2, 0.25) is 0 Å². The van der Waals surface area contributed by atoms with Crippen molar-refractivity contribution >= 4 is 11.7 Å². The number of anilines is 1. The quantitative estimate of drug-likeness (QED) is 0.763. The number of pyridine rings is 1. The van der Waals surface area contributed by atoms with Gasteiger partial charge in [-0.3, -0.25) is 4.98 Å². The van der Waals surface area contributed by atoms with E-state index in [2.05, 4.69) is 10.3 Å². The van der Waals surface area contributed by atoms with Gasteiger partial charge in [0, 0.05) is 12.4 Å². The van der Waals surface area contributed by atoms with Gasteiger partial charge in [0.25, 0.3) is 0 Å². The Morgan fingerprint density at radius 2 is 2.00 bits per heavy atom. The van der Waals surface area contributed by atoms with Gasteiger partial charge in [0.2, 0.25) is 0 Å². The summed E-state index contributed by atoms with van der Waals surface area (Å²) in [6, 6.07) is 10.6. The average Bonchev–Trinajstić information content (AvgIpc) is 2.46. The van der Waals surface area contributed by atoms with Crippen molar-refractivity contribution in [2.45, 2.75) is 6.04 Å². The number of aliphatic hydroxyl groups is 1. The second kappa shape index (κ2) is 5.97. The van der Waals surface area contributed by atoms with E-state index in [0.29, 0.717) is 5.69 Å². The number of aliphatic hydroxyl groups excluding tert-OH is 1. The molecule has 0 fully saturated rings. The van der Waals surface area contributed by atoms with Crippen molar-refractivity contribution in [1.29, 1.82) is 0 Å². The first kappa shape index (κ1) is 13.0. The smallest absolute Gasteiger partial charge is 0.339 e. The van der Waals surface area contributed by atoms with E-state index in [-0.39, 0.29) is 18.2 Å². The van der Waals surface area contributed by atoms with Crippen LogP contribution in [-0.4, -0.2) is 27.8 Å². The fourth-order valence-electron chi connectivity index (χ4n) is 1.80. The monoisotopic (exact) mass is 258 g/mol. The van der Waals surface area contributed by atoms with Gasteiger partial charge in [0.1, 0.15) is 5.56 Å². The number of nitrogens with one attached hydrogen (secondary N) is 1. The fraction of sp³-hybridized carbons (Fsp3) is 0.143. The van der Waals surface area contributed by atoms with E-state index in [9.17, 15) is 9.90 Å². The number of hydrogen-bond acceptors (Lipinski definition) is 4. The van der Waals surface area contributed by atoms with Gasteiger partial charge in [-0.1, -0.05) is 30.3 Å². The summed E-state index contributed by atoms with van der Waals surface area (Å²) >= 11 is 0. The third-order valence-corrected chi connectivity index (χ3v) is 2.77. The Labute approximate surface area is 110 Å². The molecule has 0 radical (unpaired) electrons. The number of aromatic carboxylic acids is 1. The molecular weight excluding hydrogens is 244 g/mol. The summed E-state index contributed by atoms with van der Waals surface area (Å²) in [5, 5.41) is 21.5. The molecule has 1 atom stereocenters. The van der Waals surface area contributed by atoms with Gasteiger partial charge in [0.15, 0.2) is 0 Å². The number of carboxylic acids is 1. The highest BCUT2D eigenvalue weighted by atomic mass is 16.4. The van der Waals surface area contributed by atoms with Crippen molar-refractivity contribution in [3.05, 3.63) is 59.9 Å². The molecule has 0 amide bonds. The first-order valence-electron chi connectivity index (χ1n) is 5.82. The van der Waals surface area contributed by atoms with Crippen molar-refractivity contribution in [2.24, 2.45) is 0 Å². The molecule has 2 aromatic rings. The summed E-state index contributed by atoms with van der Waals surface area (Å²) in [5.74, 6) is -1.06. The van der Waals surface area contributed by atoms with E-state index in [1.807, 2.05) is 30.3 Å². The Morgan fingerprint density at radius 1 is 1.26 bits per heavy atom. The molecule has 3 N–H and O–H groups in total. The molecule has 1 heterocycles. The number of nitrogens with zero attached hydrogens (tertiary/aromatic N) is 1. The molecule has 0 spiro atoms. The van der Waals surface area contributed by atoms with Crippen LogP contribution < -0.4 is 5.32 Å². The van der Waals surface area contributed by atoms with Crippen molar-refractivity contribution in [2.75, 3.05) is 11.9 Å². The maximum Gasteiger partial charge on any atom is 0.339 e.